The van der Waals surface area contributed by atoms with Crippen molar-refractivity contribution in [2.75, 3.05) is 13.2 Å². The van der Waals surface area contributed by atoms with Gasteiger partial charge in [0.25, 0.3) is 5.69 Å². The van der Waals surface area contributed by atoms with E-state index in [2.05, 4.69) is 0 Å². The molecule has 2 rings (SSSR count). The summed E-state index contributed by atoms with van der Waals surface area (Å²) in [7, 11) is 0. The Labute approximate surface area is 110 Å². The number of non-ortho nitro benzene ring substituents is 1. The van der Waals surface area contributed by atoms with Gasteiger partial charge in [0, 0.05) is 6.07 Å². The third-order valence-corrected chi connectivity index (χ3v) is 2.39. The summed E-state index contributed by atoms with van der Waals surface area (Å²) in [4.78, 5) is 10.1. The maximum atomic E-state index is 10.6. The number of nitro benzene ring substituents is 1. The fourth-order valence-corrected chi connectivity index (χ4v) is 1.52. The van der Waals surface area contributed by atoms with Crippen molar-refractivity contribution in [3.8, 4) is 11.5 Å². The molecule has 0 saturated carbocycles. The zero-order valence-corrected chi connectivity index (χ0v) is 10.2. The summed E-state index contributed by atoms with van der Waals surface area (Å²) in [5.74, 6) is 1.23. The largest absolute Gasteiger partial charge is 0.490 e. The summed E-state index contributed by atoms with van der Waals surface area (Å²) >= 11 is 0. The quantitative estimate of drug-likeness (QED) is 0.454. The van der Waals surface area contributed by atoms with Gasteiger partial charge < -0.3 is 9.47 Å². The van der Waals surface area contributed by atoms with Crippen LogP contribution >= 0.6 is 0 Å². The third-order valence-electron chi connectivity index (χ3n) is 2.39. The Hall–Kier alpha value is -2.56. The molecular weight excluding hydrogens is 246 g/mol. The molecule has 0 aliphatic heterocycles. The summed E-state index contributed by atoms with van der Waals surface area (Å²) in [6, 6.07) is 15.5. The Balaban J connectivity index is 1.80. The van der Waals surface area contributed by atoms with Crippen LogP contribution in [0, 0.1) is 10.1 Å². The Morgan fingerprint density at radius 3 is 2.21 bits per heavy atom. The van der Waals surface area contributed by atoms with Gasteiger partial charge >= 0.3 is 0 Å². The van der Waals surface area contributed by atoms with Crippen LogP contribution in [0.1, 0.15) is 0 Å². The van der Waals surface area contributed by atoms with E-state index in [1.807, 2.05) is 30.3 Å². The summed E-state index contributed by atoms with van der Waals surface area (Å²) in [5.41, 5.74) is 0.0153. The Morgan fingerprint density at radius 1 is 0.895 bits per heavy atom. The predicted octanol–water partition coefficient (Wildman–Crippen LogP) is 3.05. The number of para-hydroxylation sites is 1. The van der Waals surface area contributed by atoms with Crippen LogP contribution in [0.15, 0.2) is 54.6 Å². The second-order valence-corrected chi connectivity index (χ2v) is 3.76. The van der Waals surface area contributed by atoms with E-state index in [9.17, 15) is 10.1 Å². The van der Waals surface area contributed by atoms with Crippen molar-refractivity contribution in [3.05, 3.63) is 64.7 Å². The molecule has 0 amide bonds. The second kappa shape index (κ2) is 6.39. The lowest BCUT2D eigenvalue weighted by Crippen LogP contribution is -2.08. The molecule has 19 heavy (non-hydrogen) atoms. The zero-order valence-electron chi connectivity index (χ0n) is 10.2. The van der Waals surface area contributed by atoms with Crippen LogP contribution in [0.5, 0.6) is 11.5 Å². The van der Waals surface area contributed by atoms with Gasteiger partial charge in [0.15, 0.2) is 0 Å². The van der Waals surface area contributed by atoms with Gasteiger partial charge in [0.05, 0.1) is 11.0 Å². The van der Waals surface area contributed by atoms with Gasteiger partial charge in [-0.25, -0.2) is 0 Å². The molecule has 0 N–H and O–H groups in total. The van der Waals surface area contributed by atoms with Crippen molar-refractivity contribution in [2.45, 2.75) is 0 Å². The Kier molecular flexibility index (Phi) is 4.34. The van der Waals surface area contributed by atoms with Crippen molar-refractivity contribution in [1.29, 1.82) is 0 Å². The second-order valence-electron chi connectivity index (χ2n) is 3.76. The summed E-state index contributed by atoms with van der Waals surface area (Å²) in [6.45, 7) is 0.711. The number of benzene rings is 2. The first-order valence-electron chi connectivity index (χ1n) is 5.81. The van der Waals surface area contributed by atoms with E-state index in [1.54, 1.807) is 12.1 Å². The molecular formula is C14H13NO4. The highest BCUT2D eigenvalue weighted by Gasteiger charge is 2.05. The summed E-state index contributed by atoms with van der Waals surface area (Å²) in [5, 5.41) is 10.6. The average Bonchev–Trinajstić information content (AvgIpc) is 2.45. The molecule has 98 valence electrons. The maximum absolute atomic E-state index is 10.6. The Morgan fingerprint density at radius 2 is 1.53 bits per heavy atom. The van der Waals surface area contributed by atoms with Crippen LogP contribution in [0.2, 0.25) is 0 Å². The van der Waals surface area contributed by atoms with Crippen LogP contribution in [0.4, 0.5) is 5.69 Å². The first-order valence-corrected chi connectivity index (χ1v) is 5.81. The predicted molar refractivity (Wildman–Crippen MR) is 70.5 cm³/mol. The number of nitro groups is 1. The van der Waals surface area contributed by atoms with Crippen LogP contribution in [0.3, 0.4) is 0 Å². The lowest BCUT2D eigenvalue weighted by Gasteiger charge is -2.07. The highest BCUT2D eigenvalue weighted by molar-refractivity contribution is 5.37. The number of rotatable bonds is 6. The molecule has 0 radical (unpaired) electrons. The van der Waals surface area contributed by atoms with E-state index in [0.29, 0.717) is 19.0 Å². The molecule has 0 fully saturated rings. The first kappa shape index (κ1) is 12.9. The SMILES string of the molecule is O=[N+]([O-])c1cccc(OCCOc2ccccc2)c1. The minimum atomic E-state index is -0.451. The normalized spacial score (nSPS) is 9.89. The fraction of sp³-hybridized carbons (Fsp3) is 0.143. The minimum absolute atomic E-state index is 0.0153. The lowest BCUT2D eigenvalue weighted by atomic mass is 10.3. The van der Waals surface area contributed by atoms with Gasteiger partial charge in [0.1, 0.15) is 24.7 Å². The van der Waals surface area contributed by atoms with Crippen LogP contribution in [-0.2, 0) is 0 Å². The van der Waals surface area contributed by atoms with Crippen LogP contribution < -0.4 is 9.47 Å². The lowest BCUT2D eigenvalue weighted by molar-refractivity contribution is -0.384. The molecule has 0 bridgehead atoms. The molecule has 2 aromatic carbocycles. The third kappa shape index (κ3) is 3.99. The Bertz CT molecular complexity index is 542. The zero-order chi connectivity index (χ0) is 13.5. The van der Waals surface area contributed by atoms with Crippen molar-refractivity contribution >= 4 is 5.69 Å². The van der Waals surface area contributed by atoms with E-state index in [-0.39, 0.29) is 5.69 Å². The van der Waals surface area contributed by atoms with Crippen molar-refractivity contribution in [1.82, 2.24) is 0 Å². The van der Waals surface area contributed by atoms with Gasteiger partial charge in [0.2, 0.25) is 0 Å². The van der Waals surface area contributed by atoms with Gasteiger partial charge in [-0.1, -0.05) is 24.3 Å². The smallest absolute Gasteiger partial charge is 0.273 e. The van der Waals surface area contributed by atoms with Crippen molar-refractivity contribution < 1.29 is 14.4 Å². The highest BCUT2D eigenvalue weighted by atomic mass is 16.6. The van der Waals surface area contributed by atoms with E-state index in [1.165, 1.54) is 12.1 Å². The summed E-state index contributed by atoms with van der Waals surface area (Å²) < 4.78 is 10.8. The van der Waals surface area contributed by atoms with E-state index in [4.69, 9.17) is 9.47 Å². The van der Waals surface area contributed by atoms with Gasteiger partial charge in [-0.2, -0.15) is 0 Å². The number of hydrogen-bond acceptors (Lipinski definition) is 4. The maximum Gasteiger partial charge on any atom is 0.273 e. The van der Waals surface area contributed by atoms with Crippen LogP contribution in [0.25, 0.3) is 0 Å². The van der Waals surface area contributed by atoms with E-state index >= 15 is 0 Å². The van der Waals surface area contributed by atoms with Crippen LogP contribution in [-0.4, -0.2) is 18.1 Å². The monoisotopic (exact) mass is 259 g/mol. The van der Waals surface area contributed by atoms with Gasteiger partial charge in [-0.05, 0) is 18.2 Å². The molecule has 0 saturated heterocycles. The average molecular weight is 259 g/mol. The molecule has 0 aliphatic carbocycles. The molecule has 0 heterocycles. The minimum Gasteiger partial charge on any atom is -0.490 e. The number of nitrogens with zero attached hydrogens (tertiary/aromatic N) is 1. The standard InChI is InChI=1S/C14H13NO4/c16-15(17)12-5-4-8-14(11-12)19-10-9-18-13-6-2-1-3-7-13/h1-8,11H,9-10H2. The molecule has 5 heteroatoms. The van der Waals surface area contributed by atoms with Crippen molar-refractivity contribution in [2.24, 2.45) is 0 Å². The van der Waals surface area contributed by atoms with Gasteiger partial charge in [-0.15, -0.1) is 0 Å². The first-order chi connectivity index (χ1) is 9.25. The van der Waals surface area contributed by atoms with Crippen molar-refractivity contribution in [3.63, 3.8) is 0 Å². The van der Waals surface area contributed by atoms with E-state index < -0.39 is 4.92 Å². The topological polar surface area (TPSA) is 61.6 Å². The summed E-state index contributed by atoms with van der Waals surface area (Å²) in [6.07, 6.45) is 0. The molecule has 0 atom stereocenters. The van der Waals surface area contributed by atoms with Gasteiger partial charge in [-0.3, -0.25) is 10.1 Å². The highest BCUT2D eigenvalue weighted by Crippen LogP contribution is 2.19. The molecule has 0 aliphatic rings. The molecule has 0 aromatic heterocycles. The van der Waals surface area contributed by atoms with E-state index in [0.717, 1.165) is 5.75 Å². The molecule has 0 spiro atoms. The molecule has 0 unspecified atom stereocenters. The molecule has 2 aromatic rings. The molecule has 5 nitrogen and oxygen atoms in total. The fourth-order valence-electron chi connectivity index (χ4n) is 1.52. The number of hydrogen-bond donors (Lipinski definition) is 0. The number of ether oxygens (including phenoxy) is 2.